The third-order valence-corrected chi connectivity index (χ3v) is 1.71. The Hall–Kier alpha value is -1.06. The van der Waals surface area contributed by atoms with E-state index < -0.39 is 5.97 Å². The quantitative estimate of drug-likeness (QED) is 0.405. The minimum Gasteiger partial charge on any atom is -0.468 e. The van der Waals surface area contributed by atoms with E-state index in [1.807, 2.05) is 0 Å². The first-order chi connectivity index (χ1) is 6.27. The number of rotatable bonds is 9. The van der Waals surface area contributed by atoms with Gasteiger partial charge in [0, 0.05) is 0 Å². The van der Waals surface area contributed by atoms with Gasteiger partial charge in [-0.1, -0.05) is 19.3 Å². The molecular weight excluding hydrogens is 172 g/mol. The van der Waals surface area contributed by atoms with Gasteiger partial charge in [0.2, 0.25) is 0 Å². The Morgan fingerprint density at radius 1 is 1.08 bits per heavy atom. The number of carbonyl (C=O) groups excluding carboxylic acids is 2. The van der Waals surface area contributed by atoms with Crippen molar-refractivity contribution in [1.29, 1.82) is 0 Å². The van der Waals surface area contributed by atoms with Crippen molar-refractivity contribution in [2.75, 3.05) is 6.61 Å². The monoisotopic (exact) mass is 187 g/mol. The van der Waals surface area contributed by atoms with Crippen LogP contribution >= 0.6 is 0 Å². The van der Waals surface area contributed by atoms with Crippen LogP contribution in [0.15, 0.2) is 0 Å². The Labute approximate surface area is 77.9 Å². The van der Waals surface area contributed by atoms with E-state index in [-0.39, 0.29) is 6.42 Å². The molecule has 4 nitrogen and oxygen atoms in total. The molecule has 0 aromatic carbocycles. The Morgan fingerprint density at radius 3 is 2.31 bits per heavy atom. The summed E-state index contributed by atoms with van der Waals surface area (Å²) >= 11 is 0. The average Bonchev–Trinajstić information content (AvgIpc) is 2.09. The van der Waals surface area contributed by atoms with Crippen LogP contribution in [-0.4, -0.2) is 19.0 Å². The maximum absolute atomic E-state index is 10.0. The van der Waals surface area contributed by atoms with Crippen molar-refractivity contribution in [3.63, 3.8) is 0 Å². The molecule has 1 radical (unpaired) electrons. The lowest BCUT2D eigenvalue weighted by Crippen LogP contribution is -1.93. The summed E-state index contributed by atoms with van der Waals surface area (Å²) in [5, 5.41) is 10.0. The van der Waals surface area contributed by atoms with Gasteiger partial charge >= 0.3 is 5.97 Å². The predicted molar refractivity (Wildman–Crippen MR) is 45.4 cm³/mol. The summed E-state index contributed by atoms with van der Waals surface area (Å²) in [4.78, 5) is 19.7. The van der Waals surface area contributed by atoms with E-state index in [1.165, 1.54) is 0 Å². The topological polar surface area (TPSA) is 63.3 Å². The van der Waals surface area contributed by atoms with E-state index >= 15 is 0 Å². The fraction of sp³-hybridized carbons (Fsp3) is 0.778. The molecule has 13 heavy (non-hydrogen) atoms. The molecule has 0 aromatic rings. The summed E-state index contributed by atoms with van der Waals surface area (Å²) in [7, 11) is 0. The average molecular weight is 187 g/mol. The fourth-order valence-corrected chi connectivity index (χ4v) is 1.03. The lowest BCUT2D eigenvalue weighted by Gasteiger charge is -1.98. The first-order valence-corrected chi connectivity index (χ1v) is 4.52. The first-order valence-electron chi connectivity index (χ1n) is 4.52. The minimum absolute atomic E-state index is 0.144. The Bertz CT molecular complexity index is 145. The van der Waals surface area contributed by atoms with E-state index in [4.69, 9.17) is 0 Å². The van der Waals surface area contributed by atoms with Crippen molar-refractivity contribution in [2.24, 2.45) is 0 Å². The molecule has 0 aliphatic heterocycles. The summed E-state index contributed by atoms with van der Waals surface area (Å²) in [6.45, 7) is 0.903. The van der Waals surface area contributed by atoms with Crippen molar-refractivity contribution >= 4 is 12.4 Å². The number of ether oxygens (including phenoxy) is 1. The maximum Gasteiger partial charge on any atom is 0.355 e. The molecule has 4 heteroatoms. The van der Waals surface area contributed by atoms with Crippen molar-refractivity contribution in [3.05, 3.63) is 0 Å². The molecule has 0 amide bonds. The predicted octanol–water partition coefficient (Wildman–Crippen LogP) is 1.46. The molecular formula is C9H15O4. The molecule has 0 bridgehead atoms. The van der Waals surface area contributed by atoms with Crippen molar-refractivity contribution in [2.45, 2.75) is 38.5 Å². The fourth-order valence-electron chi connectivity index (χ4n) is 1.03. The van der Waals surface area contributed by atoms with Crippen LogP contribution in [0.1, 0.15) is 38.5 Å². The van der Waals surface area contributed by atoms with E-state index in [2.05, 4.69) is 4.74 Å². The van der Waals surface area contributed by atoms with E-state index in [9.17, 15) is 14.7 Å². The number of unbranched alkanes of at least 4 members (excludes halogenated alkanes) is 4. The zero-order chi connectivity index (χ0) is 9.94. The molecule has 0 spiro atoms. The van der Waals surface area contributed by atoms with Gasteiger partial charge in [-0.2, -0.15) is 0 Å². The molecule has 0 saturated carbocycles. The van der Waals surface area contributed by atoms with Crippen LogP contribution in [0.2, 0.25) is 0 Å². The molecule has 0 unspecified atom stereocenters. The van der Waals surface area contributed by atoms with Crippen LogP contribution in [0.25, 0.3) is 0 Å². The summed E-state index contributed by atoms with van der Waals surface area (Å²) in [6, 6.07) is 0. The second-order valence-electron chi connectivity index (χ2n) is 2.86. The summed E-state index contributed by atoms with van der Waals surface area (Å²) in [5.41, 5.74) is 0. The number of hydrogen-bond acceptors (Lipinski definition) is 3. The van der Waals surface area contributed by atoms with Crippen LogP contribution in [0.5, 0.6) is 0 Å². The molecule has 0 atom stereocenters. The summed E-state index contributed by atoms with van der Waals surface area (Å²) < 4.78 is 4.49. The highest BCUT2D eigenvalue weighted by atomic mass is 16.5. The van der Waals surface area contributed by atoms with Crippen LogP contribution in [0.4, 0.5) is 0 Å². The lowest BCUT2D eigenvalue weighted by molar-refractivity contribution is -0.143. The van der Waals surface area contributed by atoms with E-state index in [0.717, 1.165) is 25.7 Å². The van der Waals surface area contributed by atoms with Crippen molar-refractivity contribution in [3.8, 4) is 0 Å². The van der Waals surface area contributed by atoms with Crippen LogP contribution in [-0.2, 0) is 19.4 Å². The van der Waals surface area contributed by atoms with E-state index in [1.54, 1.807) is 0 Å². The SMILES string of the molecule is [O]C(=O)CCCCCCCOC=O. The van der Waals surface area contributed by atoms with Gasteiger partial charge in [-0.05, 0) is 12.8 Å². The number of hydrogen-bond donors (Lipinski definition) is 0. The normalized spacial score (nSPS) is 9.54. The largest absolute Gasteiger partial charge is 0.468 e. The smallest absolute Gasteiger partial charge is 0.355 e. The standard InChI is InChI=1S/C9H15O4/c10-8-13-7-5-3-1-2-4-6-9(11)12/h8H,1-7H2. The van der Waals surface area contributed by atoms with E-state index in [0.29, 0.717) is 19.5 Å². The zero-order valence-electron chi connectivity index (χ0n) is 7.66. The molecule has 0 rings (SSSR count). The molecule has 75 valence electrons. The maximum atomic E-state index is 10.0. The zero-order valence-corrected chi connectivity index (χ0v) is 7.66. The Kier molecular flexibility index (Phi) is 8.30. The molecule has 0 fully saturated rings. The van der Waals surface area contributed by atoms with Gasteiger partial charge in [-0.25, -0.2) is 9.90 Å². The Balaban J connectivity index is 2.91. The molecule has 0 saturated heterocycles. The molecule has 0 aromatic heterocycles. The van der Waals surface area contributed by atoms with Crippen molar-refractivity contribution in [1.82, 2.24) is 0 Å². The third-order valence-electron chi connectivity index (χ3n) is 1.71. The highest BCUT2D eigenvalue weighted by molar-refractivity contribution is 5.66. The second kappa shape index (κ2) is 9.03. The highest BCUT2D eigenvalue weighted by Crippen LogP contribution is 2.05. The second-order valence-corrected chi connectivity index (χ2v) is 2.86. The molecule has 0 heterocycles. The van der Waals surface area contributed by atoms with Crippen LogP contribution < -0.4 is 0 Å². The molecule has 0 aliphatic carbocycles. The van der Waals surface area contributed by atoms with Gasteiger partial charge in [0.25, 0.3) is 6.47 Å². The summed E-state index contributed by atoms with van der Waals surface area (Å²) in [6.07, 6.45) is 4.53. The molecule has 0 N–H and O–H groups in total. The molecule has 0 aliphatic rings. The highest BCUT2D eigenvalue weighted by Gasteiger charge is 1.98. The van der Waals surface area contributed by atoms with Crippen LogP contribution in [0.3, 0.4) is 0 Å². The van der Waals surface area contributed by atoms with Crippen molar-refractivity contribution < 1.29 is 19.4 Å². The Morgan fingerprint density at radius 2 is 1.69 bits per heavy atom. The third kappa shape index (κ3) is 10.9. The minimum atomic E-state index is -0.982. The van der Waals surface area contributed by atoms with Gasteiger partial charge in [0.1, 0.15) is 0 Å². The van der Waals surface area contributed by atoms with Gasteiger partial charge < -0.3 is 4.74 Å². The summed E-state index contributed by atoms with van der Waals surface area (Å²) in [5.74, 6) is -0.982. The van der Waals surface area contributed by atoms with Gasteiger partial charge in [-0.3, -0.25) is 4.79 Å². The van der Waals surface area contributed by atoms with Gasteiger partial charge in [-0.15, -0.1) is 0 Å². The van der Waals surface area contributed by atoms with Gasteiger partial charge in [0.05, 0.1) is 13.0 Å². The number of carbonyl (C=O) groups is 2. The van der Waals surface area contributed by atoms with Gasteiger partial charge in [0.15, 0.2) is 0 Å². The lowest BCUT2D eigenvalue weighted by atomic mass is 10.1. The van der Waals surface area contributed by atoms with Crippen LogP contribution in [0, 0.1) is 0 Å². The first kappa shape index (κ1) is 11.9.